The predicted octanol–water partition coefficient (Wildman–Crippen LogP) is 3.43. The highest BCUT2D eigenvalue weighted by molar-refractivity contribution is 6.62. The summed E-state index contributed by atoms with van der Waals surface area (Å²) < 4.78 is 1.96. The van der Waals surface area contributed by atoms with Gasteiger partial charge >= 0.3 is 5.37 Å². The lowest BCUT2D eigenvalue weighted by atomic mass is 10.1. The van der Waals surface area contributed by atoms with Crippen molar-refractivity contribution in [2.45, 2.75) is 31.7 Å². The average molecular weight is 422 g/mol. The van der Waals surface area contributed by atoms with Gasteiger partial charge in [-0.2, -0.15) is 5.26 Å². The van der Waals surface area contributed by atoms with Gasteiger partial charge in [-0.05, 0) is 55.0 Å². The van der Waals surface area contributed by atoms with E-state index in [1.165, 1.54) is 5.56 Å². The van der Waals surface area contributed by atoms with Crippen LogP contribution in [0.5, 0.6) is 0 Å². The normalized spacial score (nSPS) is 19.2. The van der Waals surface area contributed by atoms with Crippen LogP contribution in [0.25, 0.3) is 16.9 Å². The molecule has 9 heteroatoms. The molecule has 2 fully saturated rings. The predicted molar refractivity (Wildman–Crippen MR) is 113 cm³/mol. The van der Waals surface area contributed by atoms with Crippen molar-refractivity contribution < 1.29 is 4.79 Å². The van der Waals surface area contributed by atoms with E-state index < -0.39 is 5.37 Å². The van der Waals surface area contributed by atoms with Gasteiger partial charge in [-0.1, -0.05) is 0 Å². The topological polar surface area (TPSA) is 90.9 Å². The van der Waals surface area contributed by atoms with Crippen LogP contribution in [0.2, 0.25) is 0 Å². The summed E-state index contributed by atoms with van der Waals surface area (Å²) in [7, 11) is 0. The van der Waals surface area contributed by atoms with Gasteiger partial charge in [0.2, 0.25) is 0 Å². The van der Waals surface area contributed by atoms with E-state index in [0.717, 1.165) is 29.7 Å². The second-order valence-electron chi connectivity index (χ2n) is 7.88. The zero-order valence-corrected chi connectivity index (χ0v) is 17.2. The smallest absolute Gasteiger partial charge is 0.316 e. The monoisotopic (exact) mass is 421 g/mol. The standard InChI is InChI=1S/C21H20ClN7O/c1-13-10-27(6-7-28(13)21(22)30)19-18-16(15-2-3-15)11-29(20(18)26-12-25-19)17-8-14(9-23)4-5-24-17/h4-5,8,11-13,15H,2-3,6-7,10H2,1H3/t13-/m1/s1. The summed E-state index contributed by atoms with van der Waals surface area (Å²) in [5, 5.41) is 9.88. The third kappa shape index (κ3) is 3.15. The fourth-order valence-electron chi connectivity index (χ4n) is 4.22. The van der Waals surface area contributed by atoms with Crippen LogP contribution in [0.15, 0.2) is 30.9 Å². The number of aromatic nitrogens is 4. The molecule has 2 aliphatic rings. The number of hydrogen-bond donors (Lipinski definition) is 0. The number of nitriles is 1. The number of hydrogen-bond acceptors (Lipinski definition) is 6. The van der Waals surface area contributed by atoms with Gasteiger partial charge in [-0.15, -0.1) is 0 Å². The highest BCUT2D eigenvalue weighted by Crippen LogP contribution is 2.46. The van der Waals surface area contributed by atoms with Crippen LogP contribution in [0.4, 0.5) is 10.6 Å². The molecule has 0 aromatic carbocycles. The van der Waals surface area contributed by atoms with Crippen LogP contribution in [0.1, 0.15) is 36.8 Å². The number of carbonyl (C=O) groups excluding carboxylic acids is 1. The summed E-state index contributed by atoms with van der Waals surface area (Å²) in [6.45, 7) is 3.86. The Bertz CT molecular complexity index is 1180. The first-order valence-corrected chi connectivity index (χ1v) is 10.4. The Labute approximate surface area is 178 Å². The molecular weight excluding hydrogens is 402 g/mol. The molecule has 0 N–H and O–H groups in total. The van der Waals surface area contributed by atoms with E-state index in [9.17, 15) is 10.1 Å². The Hall–Kier alpha value is -3.18. The minimum Gasteiger partial charge on any atom is -0.352 e. The van der Waals surface area contributed by atoms with Crippen LogP contribution in [0.3, 0.4) is 0 Å². The molecule has 5 rings (SSSR count). The Kier molecular flexibility index (Phi) is 4.55. The first-order chi connectivity index (χ1) is 14.6. The Morgan fingerprint density at radius 3 is 2.80 bits per heavy atom. The van der Waals surface area contributed by atoms with Gasteiger partial charge in [0.25, 0.3) is 0 Å². The number of piperazine rings is 1. The highest BCUT2D eigenvalue weighted by atomic mass is 35.5. The zero-order valence-electron chi connectivity index (χ0n) is 16.5. The summed E-state index contributed by atoms with van der Waals surface area (Å²) in [4.78, 5) is 29.2. The van der Waals surface area contributed by atoms with E-state index >= 15 is 0 Å². The maximum atomic E-state index is 11.6. The molecule has 1 saturated carbocycles. The van der Waals surface area contributed by atoms with E-state index in [2.05, 4.69) is 32.1 Å². The van der Waals surface area contributed by atoms with Crippen LogP contribution < -0.4 is 4.90 Å². The van der Waals surface area contributed by atoms with Gasteiger partial charge in [-0.3, -0.25) is 9.36 Å². The molecule has 1 aliphatic heterocycles. The van der Waals surface area contributed by atoms with Crippen molar-refractivity contribution in [3.05, 3.63) is 42.0 Å². The van der Waals surface area contributed by atoms with E-state index in [4.69, 9.17) is 11.6 Å². The minimum absolute atomic E-state index is 0.00537. The Balaban J connectivity index is 1.62. The maximum Gasteiger partial charge on any atom is 0.316 e. The van der Waals surface area contributed by atoms with Gasteiger partial charge in [0.05, 0.1) is 17.0 Å². The number of fused-ring (bicyclic) bond motifs is 1. The Morgan fingerprint density at radius 2 is 2.10 bits per heavy atom. The molecule has 3 aromatic heterocycles. The number of amides is 1. The van der Waals surface area contributed by atoms with E-state index in [0.29, 0.717) is 36.9 Å². The highest BCUT2D eigenvalue weighted by Gasteiger charge is 2.33. The van der Waals surface area contributed by atoms with Crippen LogP contribution in [-0.2, 0) is 0 Å². The minimum atomic E-state index is -0.414. The molecule has 152 valence electrons. The average Bonchev–Trinajstić information content (AvgIpc) is 3.53. The molecule has 30 heavy (non-hydrogen) atoms. The van der Waals surface area contributed by atoms with Crippen molar-refractivity contribution in [2.75, 3.05) is 24.5 Å². The fourth-order valence-corrected chi connectivity index (χ4v) is 4.47. The molecule has 1 amide bonds. The van der Waals surface area contributed by atoms with E-state index in [1.807, 2.05) is 11.5 Å². The summed E-state index contributed by atoms with van der Waals surface area (Å²) in [5.74, 6) is 2.04. The fraction of sp³-hybridized carbons (Fsp3) is 0.381. The molecule has 8 nitrogen and oxygen atoms in total. The first-order valence-electron chi connectivity index (χ1n) is 10.0. The summed E-state index contributed by atoms with van der Waals surface area (Å²) in [5.41, 5.74) is 2.56. The lowest BCUT2D eigenvalue weighted by molar-refractivity contribution is 0.194. The molecule has 0 bridgehead atoms. The van der Waals surface area contributed by atoms with Crippen molar-refractivity contribution in [3.63, 3.8) is 0 Å². The van der Waals surface area contributed by atoms with Crippen LogP contribution in [-0.4, -0.2) is 55.5 Å². The van der Waals surface area contributed by atoms with Gasteiger partial charge in [-0.25, -0.2) is 15.0 Å². The van der Waals surface area contributed by atoms with Crippen molar-refractivity contribution in [1.82, 2.24) is 24.4 Å². The number of anilines is 1. The summed E-state index contributed by atoms with van der Waals surface area (Å²) in [6, 6.07) is 5.63. The summed E-state index contributed by atoms with van der Waals surface area (Å²) >= 11 is 5.72. The van der Waals surface area contributed by atoms with Crippen LogP contribution >= 0.6 is 11.6 Å². The number of rotatable bonds is 3. The van der Waals surface area contributed by atoms with Gasteiger partial charge in [0.1, 0.15) is 18.0 Å². The molecule has 1 atom stereocenters. The maximum absolute atomic E-state index is 11.6. The number of halogens is 1. The molecule has 0 spiro atoms. The molecule has 0 radical (unpaired) electrons. The molecular formula is C21H20ClN7O. The molecule has 1 aliphatic carbocycles. The molecule has 0 unspecified atom stereocenters. The number of nitrogens with zero attached hydrogens (tertiary/aromatic N) is 7. The summed E-state index contributed by atoms with van der Waals surface area (Å²) in [6.07, 6.45) is 7.59. The van der Waals surface area contributed by atoms with Crippen LogP contribution in [0, 0.1) is 11.3 Å². The molecule has 4 heterocycles. The lowest BCUT2D eigenvalue weighted by Crippen LogP contribution is -2.53. The van der Waals surface area contributed by atoms with Crippen molar-refractivity contribution in [3.8, 4) is 11.9 Å². The van der Waals surface area contributed by atoms with Crippen molar-refractivity contribution >= 4 is 33.8 Å². The molecule has 3 aromatic rings. The SMILES string of the molecule is C[C@@H]1CN(c2ncnc3c2c(C2CC2)cn3-c2cc(C#N)ccn2)CCN1C(=O)Cl. The zero-order chi connectivity index (χ0) is 20.8. The van der Waals surface area contributed by atoms with Gasteiger partial charge in [0.15, 0.2) is 5.65 Å². The Morgan fingerprint density at radius 1 is 1.27 bits per heavy atom. The van der Waals surface area contributed by atoms with E-state index in [1.54, 1.807) is 29.6 Å². The number of carbonyl (C=O) groups is 1. The lowest BCUT2D eigenvalue weighted by Gasteiger charge is -2.39. The molecule has 1 saturated heterocycles. The quantitative estimate of drug-likeness (QED) is 0.475. The number of pyridine rings is 1. The largest absolute Gasteiger partial charge is 0.352 e. The second kappa shape index (κ2) is 7.26. The first kappa shape index (κ1) is 18.8. The third-order valence-corrected chi connectivity index (χ3v) is 6.10. The van der Waals surface area contributed by atoms with Crippen molar-refractivity contribution in [2.24, 2.45) is 0 Å². The van der Waals surface area contributed by atoms with Crippen molar-refractivity contribution in [1.29, 1.82) is 5.26 Å². The van der Waals surface area contributed by atoms with Gasteiger partial charge in [0, 0.05) is 38.1 Å². The second-order valence-corrected chi connectivity index (χ2v) is 8.20. The third-order valence-electron chi connectivity index (χ3n) is 5.88. The van der Waals surface area contributed by atoms with E-state index in [-0.39, 0.29) is 6.04 Å². The van der Waals surface area contributed by atoms with Gasteiger partial charge < -0.3 is 9.80 Å².